The van der Waals surface area contributed by atoms with Crippen molar-refractivity contribution in [2.24, 2.45) is 0 Å². The van der Waals surface area contributed by atoms with E-state index in [1.807, 2.05) is 42.5 Å². The second-order valence-electron chi connectivity index (χ2n) is 5.75. The highest BCUT2D eigenvalue weighted by Crippen LogP contribution is 2.26. The molecule has 6 nitrogen and oxygen atoms in total. The van der Waals surface area contributed by atoms with Crippen molar-refractivity contribution in [1.82, 2.24) is 9.78 Å². The first-order valence-electron chi connectivity index (χ1n) is 7.71. The summed E-state index contributed by atoms with van der Waals surface area (Å²) < 4.78 is 2.31. The predicted molar refractivity (Wildman–Crippen MR) is 99.0 cm³/mol. The van der Waals surface area contributed by atoms with Gasteiger partial charge in [0.25, 0.3) is 5.56 Å². The van der Waals surface area contributed by atoms with Crippen molar-refractivity contribution in [1.29, 1.82) is 0 Å². The molecule has 1 N–H and O–H groups in total. The number of nitro groups is 1. The maximum atomic E-state index is 13.0. The maximum absolute atomic E-state index is 13.0. The molecular weight excluding hydrogens is 386 g/mol. The molecule has 1 atom stereocenters. The van der Waals surface area contributed by atoms with E-state index in [-0.39, 0.29) is 17.0 Å². The summed E-state index contributed by atoms with van der Waals surface area (Å²) in [5.41, 5.74) is 2.21. The molecule has 0 radical (unpaired) electrons. The Bertz CT molecular complexity index is 946. The topological polar surface area (TPSA) is 80.9 Å². The molecule has 0 spiro atoms. The number of H-pyrrole nitrogens is 1. The van der Waals surface area contributed by atoms with Crippen LogP contribution in [0.3, 0.4) is 0 Å². The Kier molecular flexibility index (Phi) is 4.85. The highest BCUT2D eigenvalue weighted by atomic mass is 79.9. The van der Waals surface area contributed by atoms with Gasteiger partial charge in [0.2, 0.25) is 6.54 Å². The molecule has 128 valence electrons. The fourth-order valence-corrected chi connectivity index (χ4v) is 3.20. The van der Waals surface area contributed by atoms with Gasteiger partial charge >= 0.3 is 0 Å². The Morgan fingerprint density at radius 3 is 2.40 bits per heavy atom. The van der Waals surface area contributed by atoms with Crippen molar-refractivity contribution in [2.75, 3.05) is 6.54 Å². The summed E-state index contributed by atoms with van der Waals surface area (Å²) in [4.78, 5) is 23.8. The smallest absolute Gasteiger partial charge is 0.275 e. The lowest BCUT2D eigenvalue weighted by Gasteiger charge is -2.12. The Labute approximate surface area is 152 Å². The van der Waals surface area contributed by atoms with Gasteiger partial charge in [0, 0.05) is 15.1 Å². The zero-order chi connectivity index (χ0) is 18.0. The molecular formula is C18H16BrN3O3. The summed E-state index contributed by atoms with van der Waals surface area (Å²) in [5, 5.41) is 14.2. The molecule has 25 heavy (non-hydrogen) atoms. The number of aromatic nitrogens is 2. The number of nitrogens with zero attached hydrogens (tertiary/aromatic N) is 2. The third-order valence-corrected chi connectivity index (χ3v) is 4.61. The number of benzene rings is 2. The molecule has 0 bridgehead atoms. The summed E-state index contributed by atoms with van der Waals surface area (Å²) in [6, 6.07) is 16.4. The van der Waals surface area contributed by atoms with E-state index in [0.717, 1.165) is 10.0 Å². The van der Waals surface area contributed by atoms with Crippen LogP contribution in [0.15, 0.2) is 63.9 Å². The second kappa shape index (κ2) is 7.06. The lowest BCUT2D eigenvalue weighted by Crippen LogP contribution is -2.23. The quantitative estimate of drug-likeness (QED) is 0.523. The Morgan fingerprint density at radius 2 is 1.80 bits per heavy atom. The number of hydrogen-bond acceptors (Lipinski definition) is 3. The van der Waals surface area contributed by atoms with Crippen molar-refractivity contribution in [3.8, 4) is 5.69 Å². The van der Waals surface area contributed by atoms with Crippen LogP contribution in [0.1, 0.15) is 22.7 Å². The first-order chi connectivity index (χ1) is 12.0. The van der Waals surface area contributed by atoms with Gasteiger partial charge in [0.15, 0.2) is 0 Å². The van der Waals surface area contributed by atoms with Crippen LogP contribution in [0.5, 0.6) is 0 Å². The van der Waals surface area contributed by atoms with Gasteiger partial charge in [-0.3, -0.25) is 20.0 Å². The number of nitrogens with one attached hydrogen (secondary N) is 1. The number of aromatic amines is 1. The van der Waals surface area contributed by atoms with E-state index in [9.17, 15) is 14.9 Å². The molecule has 0 amide bonds. The zero-order valence-corrected chi connectivity index (χ0v) is 15.1. The van der Waals surface area contributed by atoms with Crippen LogP contribution in [0, 0.1) is 17.0 Å². The van der Waals surface area contributed by atoms with E-state index in [1.165, 1.54) is 4.68 Å². The molecule has 3 aromatic rings. The summed E-state index contributed by atoms with van der Waals surface area (Å²) in [6.07, 6.45) is 0. The molecule has 0 fully saturated rings. The van der Waals surface area contributed by atoms with Crippen molar-refractivity contribution in [3.63, 3.8) is 0 Å². The summed E-state index contributed by atoms with van der Waals surface area (Å²) in [6.45, 7) is 1.42. The van der Waals surface area contributed by atoms with Crippen molar-refractivity contribution in [2.45, 2.75) is 12.8 Å². The minimum absolute atomic E-state index is 0.265. The number of hydrogen-bond donors (Lipinski definition) is 1. The molecule has 7 heteroatoms. The second-order valence-corrected chi connectivity index (χ2v) is 6.66. The normalized spacial score (nSPS) is 12.1. The molecule has 2 aromatic carbocycles. The number of rotatable bonds is 5. The Balaban J connectivity index is 2.13. The fourth-order valence-electron chi connectivity index (χ4n) is 2.94. The molecule has 1 heterocycles. The standard InChI is InChI=1S/C18H16BrN3O3/c1-12-17(18(23)22(20-12)15-5-3-2-4-6-15)16(11-21(24)25)13-7-9-14(19)10-8-13/h2-10,16,20H,11H2,1H3/t16-/m0/s1. The van der Waals surface area contributed by atoms with Crippen LogP contribution < -0.4 is 5.56 Å². The highest BCUT2D eigenvalue weighted by molar-refractivity contribution is 9.10. The van der Waals surface area contributed by atoms with Gasteiger partial charge in [-0.05, 0) is 36.8 Å². The first kappa shape index (κ1) is 17.2. The van der Waals surface area contributed by atoms with Crippen LogP contribution in [-0.2, 0) is 0 Å². The van der Waals surface area contributed by atoms with Crippen molar-refractivity contribution in [3.05, 3.63) is 96.4 Å². The van der Waals surface area contributed by atoms with E-state index in [2.05, 4.69) is 21.0 Å². The first-order valence-corrected chi connectivity index (χ1v) is 8.51. The van der Waals surface area contributed by atoms with Crippen molar-refractivity contribution >= 4 is 15.9 Å². The zero-order valence-electron chi connectivity index (χ0n) is 13.5. The molecule has 0 aliphatic rings. The minimum atomic E-state index is -0.614. The van der Waals surface area contributed by atoms with Crippen LogP contribution in [-0.4, -0.2) is 21.2 Å². The number of para-hydroxylation sites is 1. The van der Waals surface area contributed by atoms with Gasteiger partial charge in [-0.15, -0.1) is 0 Å². The SMILES string of the molecule is Cc1[nH]n(-c2ccccc2)c(=O)c1[C@@H](C[N+](=O)[O-])c1ccc(Br)cc1. The Hall–Kier alpha value is -2.67. The molecule has 0 aliphatic heterocycles. The molecule has 0 aliphatic carbocycles. The van der Waals surface area contributed by atoms with Crippen LogP contribution in [0.4, 0.5) is 0 Å². The van der Waals surface area contributed by atoms with Crippen LogP contribution >= 0.6 is 15.9 Å². The van der Waals surface area contributed by atoms with E-state index >= 15 is 0 Å². The molecule has 0 saturated heterocycles. The fraction of sp³-hybridized carbons (Fsp3) is 0.167. The third-order valence-electron chi connectivity index (χ3n) is 4.08. The van der Waals surface area contributed by atoms with Gasteiger partial charge in [-0.25, -0.2) is 4.68 Å². The van der Waals surface area contributed by atoms with E-state index in [0.29, 0.717) is 16.9 Å². The molecule has 0 unspecified atom stereocenters. The molecule has 3 rings (SSSR count). The highest BCUT2D eigenvalue weighted by Gasteiger charge is 2.27. The lowest BCUT2D eigenvalue weighted by molar-refractivity contribution is -0.481. The monoisotopic (exact) mass is 401 g/mol. The van der Waals surface area contributed by atoms with Crippen LogP contribution in [0.2, 0.25) is 0 Å². The molecule has 0 saturated carbocycles. The van der Waals surface area contributed by atoms with Crippen LogP contribution in [0.25, 0.3) is 5.69 Å². The van der Waals surface area contributed by atoms with Gasteiger partial charge in [-0.2, -0.15) is 0 Å². The van der Waals surface area contributed by atoms with E-state index < -0.39 is 5.92 Å². The van der Waals surface area contributed by atoms with Crippen molar-refractivity contribution < 1.29 is 4.92 Å². The third kappa shape index (κ3) is 3.56. The Morgan fingerprint density at radius 1 is 1.16 bits per heavy atom. The maximum Gasteiger partial charge on any atom is 0.275 e. The lowest BCUT2D eigenvalue weighted by atomic mass is 9.91. The van der Waals surface area contributed by atoms with Gasteiger partial charge in [0.1, 0.15) is 0 Å². The summed E-state index contributed by atoms with van der Waals surface area (Å²) >= 11 is 3.36. The number of halogens is 1. The van der Waals surface area contributed by atoms with E-state index in [1.54, 1.807) is 19.1 Å². The van der Waals surface area contributed by atoms with Gasteiger partial charge in [0.05, 0.1) is 17.2 Å². The largest absolute Gasteiger partial charge is 0.295 e. The summed E-state index contributed by atoms with van der Waals surface area (Å²) in [5.74, 6) is -0.614. The predicted octanol–water partition coefficient (Wildman–Crippen LogP) is 3.65. The minimum Gasteiger partial charge on any atom is -0.295 e. The van der Waals surface area contributed by atoms with Gasteiger partial charge < -0.3 is 0 Å². The average Bonchev–Trinajstić information content (AvgIpc) is 2.89. The van der Waals surface area contributed by atoms with Gasteiger partial charge in [-0.1, -0.05) is 46.3 Å². The average molecular weight is 402 g/mol. The summed E-state index contributed by atoms with van der Waals surface area (Å²) in [7, 11) is 0. The van der Waals surface area contributed by atoms with E-state index in [4.69, 9.17) is 0 Å². The molecule has 1 aromatic heterocycles. The number of aryl methyl sites for hydroxylation is 1.